The highest BCUT2D eigenvalue weighted by molar-refractivity contribution is 5.92. The molecule has 1 aromatic heterocycles. The van der Waals surface area contributed by atoms with Gasteiger partial charge in [0.25, 0.3) is 5.91 Å². The van der Waals surface area contributed by atoms with Gasteiger partial charge >= 0.3 is 0 Å². The van der Waals surface area contributed by atoms with Crippen LogP contribution in [0.1, 0.15) is 22.5 Å². The Morgan fingerprint density at radius 2 is 2.14 bits per heavy atom. The molecule has 2 heterocycles. The normalized spacial score (nSPS) is 18.4. The number of nitrogens with zero attached hydrogens (tertiary/aromatic N) is 3. The van der Waals surface area contributed by atoms with E-state index in [1.807, 2.05) is 11.0 Å². The molecule has 5 nitrogen and oxygen atoms in total. The van der Waals surface area contributed by atoms with Crippen molar-refractivity contribution < 1.29 is 9.53 Å². The number of carbonyl (C=O) groups is 1. The zero-order valence-corrected chi connectivity index (χ0v) is 12.8. The van der Waals surface area contributed by atoms with Crippen LogP contribution < -0.4 is 0 Å². The van der Waals surface area contributed by atoms with E-state index in [1.165, 1.54) is 5.56 Å². The second-order valence-corrected chi connectivity index (χ2v) is 5.61. The number of amides is 1. The first kappa shape index (κ1) is 14.8. The maximum atomic E-state index is 12.5. The molecule has 3 rings (SSSR count). The second kappa shape index (κ2) is 6.75. The molecule has 0 aliphatic carbocycles. The molecule has 0 bridgehead atoms. The molecule has 1 unspecified atom stereocenters. The Kier molecular flexibility index (Phi) is 4.53. The molecule has 0 spiro atoms. The van der Waals surface area contributed by atoms with Crippen LogP contribution >= 0.6 is 0 Å². The Morgan fingerprint density at radius 3 is 2.86 bits per heavy atom. The summed E-state index contributed by atoms with van der Waals surface area (Å²) in [4.78, 5) is 14.4. The van der Waals surface area contributed by atoms with Crippen molar-refractivity contribution in [1.82, 2.24) is 14.7 Å². The Hall–Kier alpha value is -2.14. The highest BCUT2D eigenvalue weighted by Gasteiger charge is 2.26. The van der Waals surface area contributed by atoms with Gasteiger partial charge in [-0.3, -0.25) is 9.48 Å². The van der Waals surface area contributed by atoms with E-state index in [9.17, 15) is 4.79 Å². The molecule has 5 heteroatoms. The van der Waals surface area contributed by atoms with Crippen molar-refractivity contribution in [3.05, 3.63) is 53.9 Å². The summed E-state index contributed by atoms with van der Waals surface area (Å²) in [7, 11) is 1.79. The van der Waals surface area contributed by atoms with Crippen molar-refractivity contribution in [2.75, 3.05) is 19.7 Å². The molecular formula is C17H21N3O2. The summed E-state index contributed by atoms with van der Waals surface area (Å²) < 4.78 is 7.43. The number of hydrogen-bond donors (Lipinski definition) is 0. The van der Waals surface area contributed by atoms with Crippen molar-refractivity contribution in [2.24, 2.45) is 7.05 Å². The number of morpholine rings is 1. The minimum Gasteiger partial charge on any atom is -0.375 e. The van der Waals surface area contributed by atoms with Crippen LogP contribution in [0.15, 0.2) is 42.6 Å². The first-order chi connectivity index (χ1) is 10.7. The van der Waals surface area contributed by atoms with Crippen LogP contribution in [0, 0.1) is 0 Å². The van der Waals surface area contributed by atoms with Gasteiger partial charge in [0.1, 0.15) is 5.69 Å². The van der Waals surface area contributed by atoms with E-state index in [1.54, 1.807) is 24.0 Å². The third-order valence-electron chi connectivity index (χ3n) is 4.06. The molecule has 116 valence electrons. The Bertz CT molecular complexity index is 624. The van der Waals surface area contributed by atoms with Gasteiger partial charge in [-0.1, -0.05) is 30.3 Å². The van der Waals surface area contributed by atoms with Gasteiger partial charge in [0.2, 0.25) is 0 Å². The molecule has 1 amide bonds. The van der Waals surface area contributed by atoms with Crippen molar-refractivity contribution in [2.45, 2.75) is 18.9 Å². The molecule has 0 N–H and O–H groups in total. The summed E-state index contributed by atoms with van der Waals surface area (Å²) in [5.41, 5.74) is 1.94. The lowest BCUT2D eigenvalue weighted by Gasteiger charge is -2.33. The smallest absolute Gasteiger partial charge is 0.272 e. The summed E-state index contributed by atoms with van der Waals surface area (Å²) in [6.45, 7) is 1.89. The van der Waals surface area contributed by atoms with Crippen LogP contribution in [-0.2, 0) is 18.2 Å². The quantitative estimate of drug-likeness (QED) is 0.866. The lowest BCUT2D eigenvalue weighted by Crippen LogP contribution is -2.46. The molecule has 0 saturated carbocycles. The van der Waals surface area contributed by atoms with Crippen molar-refractivity contribution in [3.63, 3.8) is 0 Å². The molecule has 1 aliphatic rings. The number of carbonyl (C=O) groups excluding carboxylic acids is 1. The zero-order chi connectivity index (χ0) is 15.4. The number of aryl methyl sites for hydroxylation is 2. The third-order valence-corrected chi connectivity index (χ3v) is 4.06. The van der Waals surface area contributed by atoms with Crippen LogP contribution in [0.25, 0.3) is 0 Å². The largest absolute Gasteiger partial charge is 0.375 e. The van der Waals surface area contributed by atoms with Gasteiger partial charge in [0.15, 0.2) is 0 Å². The maximum Gasteiger partial charge on any atom is 0.272 e. The molecular weight excluding hydrogens is 278 g/mol. The van der Waals surface area contributed by atoms with Gasteiger partial charge in [0, 0.05) is 26.3 Å². The summed E-state index contributed by atoms with van der Waals surface area (Å²) in [5, 5.41) is 4.07. The topological polar surface area (TPSA) is 47.4 Å². The van der Waals surface area contributed by atoms with Gasteiger partial charge in [-0.05, 0) is 24.5 Å². The van der Waals surface area contributed by atoms with E-state index in [4.69, 9.17) is 4.74 Å². The van der Waals surface area contributed by atoms with E-state index in [0.29, 0.717) is 25.4 Å². The summed E-state index contributed by atoms with van der Waals surface area (Å²) >= 11 is 0. The number of benzene rings is 1. The molecule has 2 aromatic rings. The van der Waals surface area contributed by atoms with Crippen LogP contribution in [-0.4, -0.2) is 46.4 Å². The van der Waals surface area contributed by atoms with E-state index in [0.717, 1.165) is 12.8 Å². The summed E-state index contributed by atoms with van der Waals surface area (Å²) in [5.74, 6) is 0.0352. The third kappa shape index (κ3) is 3.36. The van der Waals surface area contributed by atoms with E-state index in [-0.39, 0.29) is 12.0 Å². The van der Waals surface area contributed by atoms with Crippen LogP contribution in [0.4, 0.5) is 0 Å². The zero-order valence-electron chi connectivity index (χ0n) is 12.8. The molecule has 1 aromatic carbocycles. The second-order valence-electron chi connectivity index (χ2n) is 5.61. The lowest BCUT2D eigenvalue weighted by atomic mass is 10.1. The summed E-state index contributed by atoms with van der Waals surface area (Å²) in [6.07, 6.45) is 3.66. The first-order valence-corrected chi connectivity index (χ1v) is 7.67. The number of aromatic nitrogens is 2. The first-order valence-electron chi connectivity index (χ1n) is 7.67. The molecule has 1 fully saturated rings. The van der Waals surface area contributed by atoms with Crippen LogP contribution in [0.3, 0.4) is 0 Å². The van der Waals surface area contributed by atoms with Crippen molar-refractivity contribution in [3.8, 4) is 0 Å². The minimum atomic E-state index is 0.0352. The average Bonchev–Trinajstić information content (AvgIpc) is 2.99. The van der Waals surface area contributed by atoms with E-state index < -0.39 is 0 Å². The number of hydrogen-bond acceptors (Lipinski definition) is 3. The van der Waals surface area contributed by atoms with Crippen molar-refractivity contribution in [1.29, 1.82) is 0 Å². The van der Waals surface area contributed by atoms with E-state index in [2.05, 4.69) is 29.4 Å². The van der Waals surface area contributed by atoms with E-state index >= 15 is 0 Å². The van der Waals surface area contributed by atoms with Gasteiger partial charge in [-0.2, -0.15) is 5.10 Å². The molecule has 22 heavy (non-hydrogen) atoms. The van der Waals surface area contributed by atoms with Crippen LogP contribution in [0.2, 0.25) is 0 Å². The Labute approximate surface area is 130 Å². The fraction of sp³-hybridized carbons (Fsp3) is 0.412. The van der Waals surface area contributed by atoms with Gasteiger partial charge in [-0.25, -0.2) is 0 Å². The van der Waals surface area contributed by atoms with Crippen LogP contribution in [0.5, 0.6) is 0 Å². The minimum absolute atomic E-state index is 0.0352. The SMILES string of the molecule is Cn1nccc1C(=O)N1CCOC(CCc2ccccc2)C1. The predicted molar refractivity (Wildman–Crippen MR) is 83.6 cm³/mol. The highest BCUT2D eigenvalue weighted by atomic mass is 16.5. The number of ether oxygens (including phenoxy) is 1. The molecule has 1 aliphatic heterocycles. The maximum absolute atomic E-state index is 12.5. The lowest BCUT2D eigenvalue weighted by molar-refractivity contribution is -0.0249. The fourth-order valence-electron chi connectivity index (χ4n) is 2.80. The predicted octanol–water partition coefficient (Wildman–Crippen LogP) is 1.89. The molecule has 1 atom stereocenters. The Morgan fingerprint density at radius 1 is 1.32 bits per heavy atom. The van der Waals surface area contributed by atoms with Gasteiger partial charge < -0.3 is 9.64 Å². The fourth-order valence-corrected chi connectivity index (χ4v) is 2.80. The summed E-state index contributed by atoms with van der Waals surface area (Å²) in [6, 6.07) is 12.1. The molecule has 0 radical (unpaired) electrons. The van der Waals surface area contributed by atoms with Crippen molar-refractivity contribution >= 4 is 5.91 Å². The van der Waals surface area contributed by atoms with Gasteiger partial charge in [-0.15, -0.1) is 0 Å². The molecule has 1 saturated heterocycles. The number of rotatable bonds is 4. The standard InChI is InChI=1S/C17H21N3O2/c1-19-16(9-10-18-19)17(21)20-11-12-22-15(13-20)8-7-14-5-3-2-4-6-14/h2-6,9-10,15H,7-8,11-13H2,1H3. The highest BCUT2D eigenvalue weighted by Crippen LogP contribution is 2.14. The average molecular weight is 299 g/mol. The monoisotopic (exact) mass is 299 g/mol. The Balaban J connectivity index is 1.57. The van der Waals surface area contributed by atoms with Gasteiger partial charge in [0.05, 0.1) is 12.7 Å².